The Morgan fingerprint density at radius 1 is 1.67 bits per heavy atom. The van der Waals surface area contributed by atoms with Gasteiger partial charge in [0.25, 0.3) is 5.56 Å². The lowest BCUT2D eigenvalue weighted by Gasteiger charge is -2.08. The molecular weight excluding hydrogens is 199 g/mol. The highest BCUT2D eigenvalue weighted by Crippen LogP contribution is 2.38. The highest BCUT2D eigenvalue weighted by Gasteiger charge is 2.25. The third kappa shape index (κ3) is 2.41. The standard InChI is InChI=1S/C10H13FN2O2/c11-4-8(14)5-13-6-12-9(3-10(13)15)7-1-2-7/h3,6-8,14H,1-2,4-5H2. The number of aliphatic hydroxyl groups excluding tert-OH is 1. The summed E-state index contributed by atoms with van der Waals surface area (Å²) < 4.78 is 13.3. The van der Waals surface area contributed by atoms with Crippen molar-refractivity contribution in [3.63, 3.8) is 0 Å². The summed E-state index contributed by atoms with van der Waals surface area (Å²) >= 11 is 0. The molecule has 1 saturated carbocycles. The van der Waals surface area contributed by atoms with Crippen LogP contribution in [0.2, 0.25) is 0 Å². The molecule has 2 rings (SSSR count). The summed E-state index contributed by atoms with van der Waals surface area (Å²) in [4.78, 5) is 15.6. The van der Waals surface area contributed by atoms with E-state index < -0.39 is 12.8 Å². The van der Waals surface area contributed by atoms with Crippen molar-refractivity contribution in [2.45, 2.75) is 31.4 Å². The number of aliphatic hydroxyl groups is 1. The average molecular weight is 212 g/mol. The second-order valence-corrected chi connectivity index (χ2v) is 3.89. The summed E-state index contributed by atoms with van der Waals surface area (Å²) in [7, 11) is 0. The van der Waals surface area contributed by atoms with Crippen LogP contribution in [0, 0.1) is 0 Å². The van der Waals surface area contributed by atoms with Crippen molar-refractivity contribution in [1.82, 2.24) is 9.55 Å². The predicted octanol–water partition coefficient (Wildman–Crippen LogP) is 0.451. The van der Waals surface area contributed by atoms with E-state index in [4.69, 9.17) is 5.11 Å². The van der Waals surface area contributed by atoms with Gasteiger partial charge in [-0.15, -0.1) is 0 Å². The number of hydrogen-bond donors (Lipinski definition) is 1. The van der Waals surface area contributed by atoms with Crippen molar-refractivity contribution in [2.75, 3.05) is 6.67 Å². The fourth-order valence-electron chi connectivity index (χ4n) is 1.46. The number of rotatable bonds is 4. The molecule has 1 aliphatic rings. The van der Waals surface area contributed by atoms with Gasteiger partial charge in [-0.2, -0.15) is 0 Å². The van der Waals surface area contributed by atoms with Gasteiger partial charge < -0.3 is 5.11 Å². The Balaban J connectivity index is 2.15. The van der Waals surface area contributed by atoms with Gasteiger partial charge in [0.2, 0.25) is 0 Å². The largest absolute Gasteiger partial charge is 0.389 e. The van der Waals surface area contributed by atoms with Gasteiger partial charge in [0.15, 0.2) is 0 Å². The fraction of sp³-hybridized carbons (Fsp3) is 0.600. The van der Waals surface area contributed by atoms with E-state index >= 15 is 0 Å². The molecule has 1 unspecified atom stereocenters. The Kier molecular flexibility index (Phi) is 2.81. The molecule has 0 aromatic carbocycles. The maximum absolute atomic E-state index is 12.0. The number of hydrogen-bond acceptors (Lipinski definition) is 3. The molecule has 1 heterocycles. The molecule has 0 spiro atoms. The molecule has 1 aliphatic carbocycles. The van der Waals surface area contributed by atoms with Crippen molar-refractivity contribution in [2.24, 2.45) is 0 Å². The normalized spacial score (nSPS) is 17.7. The summed E-state index contributed by atoms with van der Waals surface area (Å²) in [5.41, 5.74) is 0.588. The average Bonchev–Trinajstić information content (AvgIpc) is 3.04. The van der Waals surface area contributed by atoms with E-state index in [1.807, 2.05) is 0 Å². The highest BCUT2D eigenvalue weighted by molar-refractivity contribution is 5.12. The summed E-state index contributed by atoms with van der Waals surface area (Å²) in [5.74, 6) is 0.429. The maximum Gasteiger partial charge on any atom is 0.253 e. The summed E-state index contributed by atoms with van der Waals surface area (Å²) in [6.45, 7) is -0.885. The van der Waals surface area contributed by atoms with Crippen molar-refractivity contribution in [1.29, 1.82) is 0 Å². The SMILES string of the molecule is O=c1cc(C2CC2)ncn1CC(O)CF. The predicted molar refractivity (Wildman–Crippen MR) is 52.5 cm³/mol. The lowest BCUT2D eigenvalue weighted by molar-refractivity contribution is 0.120. The highest BCUT2D eigenvalue weighted by atomic mass is 19.1. The second-order valence-electron chi connectivity index (χ2n) is 3.89. The zero-order valence-corrected chi connectivity index (χ0v) is 8.27. The van der Waals surface area contributed by atoms with Crippen LogP contribution < -0.4 is 5.56 Å². The molecule has 0 bridgehead atoms. The topological polar surface area (TPSA) is 55.1 Å². The van der Waals surface area contributed by atoms with Crippen molar-refractivity contribution < 1.29 is 9.50 Å². The molecule has 0 amide bonds. The Morgan fingerprint density at radius 3 is 2.93 bits per heavy atom. The van der Waals surface area contributed by atoms with Crippen LogP contribution in [0.5, 0.6) is 0 Å². The van der Waals surface area contributed by atoms with E-state index in [-0.39, 0.29) is 12.1 Å². The van der Waals surface area contributed by atoms with E-state index in [1.54, 1.807) is 0 Å². The van der Waals surface area contributed by atoms with Crippen molar-refractivity contribution >= 4 is 0 Å². The van der Waals surface area contributed by atoms with Crippen LogP contribution in [0.1, 0.15) is 24.5 Å². The molecule has 0 radical (unpaired) electrons. The second kappa shape index (κ2) is 4.10. The minimum absolute atomic E-state index is 0.0344. The number of halogens is 1. The van der Waals surface area contributed by atoms with E-state index in [2.05, 4.69) is 4.98 Å². The molecule has 4 nitrogen and oxygen atoms in total. The van der Waals surface area contributed by atoms with Crippen LogP contribution in [-0.4, -0.2) is 27.4 Å². The van der Waals surface area contributed by atoms with Crippen LogP contribution in [-0.2, 0) is 6.54 Å². The van der Waals surface area contributed by atoms with E-state index in [0.29, 0.717) is 5.92 Å². The van der Waals surface area contributed by atoms with E-state index in [1.165, 1.54) is 17.0 Å². The zero-order valence-electron chi connectivity index (χ0n) is 8.27. The third-order valence-corrected chi connectivity index (χ3v) is 2.48. The molecule has 5 heteroatoms. The van der Waals surface area contributed by atoms with Crippen molar-refractivity contribution in [3.05, 3.63) is 28.4 Å². The molecule has 15 heavy (non-hydrogen) atoms. The smallest absolute Gasteiger partial charge is 0.253 e. The number of alkyl halides is 1. The minimum Gasteiger partial charge on any atom is -0.389 e. The van der Waals surface area contributed by atoms with E-state index in [0.717, 1.165) is 18.5 Å². The Bertz CT molecular complexity index is 401. The molecule has 82 valence electrons. The molecule has 1 fully saturated rings. The number of aromatic nitrogens is 2. The van der Waals surface area contributed by atoms with Crippen LogP contribution >= 0.6 is 0 Å². The van der Waals surface area contributed by atoms with Gasteiger partial charge >= 0.3 is 0 Å². The third-order valence-electron chi connectivity index (χ3n) is 2.48. The Labute approximate surface area is 86.4 Å². The quantitative estimate of drug-likeness (QED) is 0.788. The molecule has 0 saturated heterocycles. The summed E-state index contributed by atoms with van der Waals surface area (Å²) in [5, 5.41) is 9.06. The lowest BCUT2D eigenvalue weighted by Crippen LogP contribution is -2.27. The minimum atomic E-state index is -1.13. The fourth-order valence-corrected chi connectivity index (χ4v) is 1.46. The van der Waals surface area contributed by atoms with Crippen LogP contribution in [0.15, 0.2) is 17.2 Å². The van der Waals surface area contributed by atoms with Gasteiger partial charge in [-0.3, -0.25) is 9.36 Å². The molecule has 1 atom stereocenters. The first-order chi connectivity index (χ1) is 7.20. The van der Waals surface area contributed by atoms with E-state index in [9.17, 15) is 9.18 Å². The van der Waals surface area contributed by atoms with Gasteiger partial charge in [0, 0.05) is 12.0 Å². The van der Waals surface area contributed by atoms with Gasteiger partial charge in [0.05, 0.1) is 18.6 Å². The Hall–Kier alpha value is -1.23. The van der Waals surface area contributed by atoms with Gasteiger partial charge in [-0.1, -0.05) is 0 Å². The number of nitrogens with zero attached hydrogens (tertiary/aromatic N) is 2. The lowest BCUT2D eigenvalue weighted by atomic mass is 10.3. The molecule has 1 aromatic heterocycles. The molecular formula is C10H13FN2O2. The zero-order chi connectivity index (χ0) is 10.8. The summed E-state index contributed by atoms with van der Waals surface area (Å²) in [6, 6.07) is 1.47. The Morgan fingerprint density at radius 2 is 2.40 bits per heavy atom. The first-order valence-electron chi connectivity index (χ1n) is 5.01. The molecule has 1 aromatic rings. The first kappa shape index (κ1) is 10.3. The van der Waals surface area contributed by atoms with Crippen molar-refractivity contribution in [3.8, 4) is 0 Å². The molecule has 0 aliphatic heterocycles. The van der Waals surface area contributed by atoms with Gasteiger partial charge in [-0.05, 0) is 12.8 Å². The first-order valence-corrected chi connectivity index (χ1v) is 5.01. The maximum atomic E-state index is 12.0. The monoisotopic (exact) mass is 212 g/mol. The van der Waals surface area contributed by atoms with Gasteiger partial charge in [0.1, 0.15) is 12.8 Å². The van der Waals surface area contributed by atoms with Crippen LogP contribution in [0.25, 0.3) is 0 Å². The summed E-state index contributed by atoms with van der Waals surface area (Å²) in [6.07, 6.45) is 2.43. The molecule has 1 N–H and O–H groups in total. The van der Waals surface area contributed by atoms with Crippen LogP contribution in [0.3, 0.4) is 0 Å². The van der Waals surface area contributed by atoms with Gasteiger partial charge in [-0.25, -0.2) is 9.37 Å². The van der Waals surface area contributed by atoms with Crippen LogP contribution in [0.4, 0.5) is 4.39 Å².